The second-order valence-corrected chi connectivity index (χ2v) is 7.27. The highest BCUT2D eigenvalue weighted by atomic mass is 33.1. The second kappa shape index (κ2) is 6.39. The first-order valence-corrected chi connectivity index (χ1v) is 7.26. The second-order valence-electron chi connectivity index (χ2n) is 4.27. The van der Waals surface area contributed by atoms with Crippen LogP contribution in [0.5, 0.6) is 0 Å². The molecule has 0 bridgehead atoms. The largest absolute Gasteiger partial charge is 0.481 e. The predicted octanol–water partition coefficient (Wildman–Crippen LogP) is 2.59. The fourth-order valence-electron chi connectivity index (χ4n) is 0.729. The number of carbonyl (C=O) groups is 2. The first-order chi connectivity index (χ1) is 7.18. The van der Waals surface area contributed by atoms with Crippen LogP contribution in [-0.4, -0.2) is 32.7 Å². The number of rotatable bonds is 7. The van der Waals surface area contributed by atoms with Gasteiger partial charge in [0, 0.05) is 10.5 Å². The van der Waals surface area contributed by atoms with Gasteiger partial charge in [0.15, 0.2) is 0 Å². The van der Waals surface area contributed by atoms with Crippen LogP contribution in [0.3, 0.4) is 0 Å². The van der Waals surface area contributed by atoms with Crippen LogP contribution in [0.2, 0.25) is 0 Å². The van der Waals surface area contributed by atoms with Crippen LogP contribution in [0.1, 0.15) is 27.7 Å². The van der Waals surface area contributed by atoms with E-state index in [-0.39, 0.29) is 0 Å². The van der Waals surface area contributed by atoms with Crippen molar-refractivity contribution in [3.63, 3.8) is 0 Å². The molecule has 0 aromatic rings. The first-order valence-electron chi connectivity index (χ1n) is 4.94. The fourth-order valence-corrected chi connectivity index (χ4v) is 3.85. The summed E-state index contributed by atoms with van der Waals surface area (Å²) >= 11 is 0. The maximum absolute atomic E-state index is 10.8. The van der Waals surface area contributed by atoms with Crippen LogP contribution in [0.25, 0.3) is 0 Å². The molecule has 16 heavy (non-hydrogen) atoms. The van der Waals surface area contributed by atoms with E-state index in [2.05, 4.69) is 0 Å². The summed E-state index contributed by atoms with van der Waals surface area (Å²) in [5.41, 5.74) is 0. The Morgan fingerprint density at radius 2 is 1.69 bits per heavy atom. The molecule has 0 rings (SSSR count). The molecule has 4 nitrogen and oxygen atoms in total. The van der Waals surface area contributed by atoms with Gasteiger partial charge in [-0.3, -0.25) is 9.59 Å². The zero-order valence-corrected chi connectivity index (χ0v) is 11.5. The number of carboxylic acid groups (broad SMARTS) is 2. The molecule has 0 aliphatic rings. The van der Waals surface area contributed by atoms with E-state index in [1.807, 2.05) is 13.8 Å². The zero-order valence-electron chi connectivity index (χ0n) is 9.89. The minimum absolute atomic E-state index is 0.408. The molecule has 0 saturated heterocycles. The van der Waals surface area contributed by atoms with Crippen molar-refractivity contribution < 1.29 is 19.8 Å². The van der Waals surface area contributed by atoms with Crippen molar-refractivity contribution in [2.75, 3.05) is 5.75 Å². The molecule has 0 fully saturated rings. The van der Waals surface area contributed by atoms with E-state index in [1.165, 1.54) is 21.6 Å². The van der Waals surface area contributed by atoms with Gasteiger partial charge in [-0.05, 0) is 13.8 Å². The molecule has 0 heterocycles. The van der Waals surface area contributed by atoms with Gasteiger partial charge in [0.05, 0.1) is 11.8 Å². The van der Waals surface area contributed by atoms with Gasteiger partial charge in [0.2, 0.25) is 0 Å². The fraction of sp³-hybridized carbons (Fsp3) is 0.800. The van der Waals surface area contributed by atoms with E-state index in [4.69, 9.17) is 10.2 Å². The summed E-state index contributed by atoms with van der Waals surface area (Å²) < 4.78 is -0.408. The summed E-state index contributed by atoms with van der Waals surface area (Å²) in [7, 11) is 2.85. The lowest BCUT2D eigenvalue weighted by molar-refractivity contribution is -0.142. The maximum Gasteiger partial charge on any atom is 0.307 e. The molecule has 0 aliphatic carbocycles. The molecule has 0 saturated carbocycles. The van der Waals surface area contributed by atoms with E-state index < -0.39 is 28.5 Å². The van der Waals surface area contributed by atoms with E-state index in [9.17, 15) is 9.59 Å². The lowest BCUT2D eigenvalue weighted by Crippen LogP contribution is -2.31. The molecule has 0 aromatic heterocycles. The summed E-state index contributed by atoms with van der Waals surface area (Å²) in [6.07, 6.45) is 0. The average Bonchev–Trinajstić information content (AvgIpc) is 2.15. The van der Waals surface area contributed by atoms with Crippen LogP contribution in [0, 0.1) is 11.8 Å². The molecule has 0 radical (unpaired) electrons. The smallest absolute Gasteiger partial charge is 0.307 e. The summed E-state index contributed by atoms with van der Waals surface area (Å²) in [4.78, 5) is 21.4. The van der Waals surface area contributed by atoms with E-state index >= 15 is 0 Å². The highest BCUT2D eigenvalue weighted by Gasteiger charge is 2.32. The molecule has 6 heteroatoms. The minimum atomic E-state index is -0.829. The Bertz CT molecular complexity index is 266. The normalized spacial score (nSPS) is 15.5. The van der Waals surface area contributed by atoms with Crippen molar-refractivity contribution in [1.82, 2.24) is 0 Å². The molecular weight excluding hydrogens is 248 g/mol. The van der Waals surface area contributed by atoms with Gasteiger partial charge >= 0.3 is 11.9 Å². The number of carboxylic acids is 2. The van der Waals surface area contributed by atoms with Crippen molar-refractivity contribution in [1.29, 1.82) is 0 Å². The van der Waals surface area contributed by atoms with Crippen LogP contribution >= 0.6 is 21.6 Å². The van der Waals surface area contributed by atoms with Gasteiger partial charge in [0.1, 0.15) is 0 Å². The summed E-state index contributed by atoms with van der Waals surface area (Å²) in [5.74, 6) is -2.05. The monoisotopic (exact) mass is 266 g/mol. The van der Waals surface area contributed by atoms with E-state index in [1.54, 1.807) is 13.8 Å². The van der Waals surface area contributed by atoms with Gasteiger partial charge in [-0.2, -0.15) is 0 Å². The molecule has 0 unspecified atom stereocenters. The molecule has 2 atom stereocenters. The quantitative estimate of drug-likeness (QED) is 0.690. The zero-order chi connectivity index (χ0) is 12.9. The van der Waals surface area contributed by atoms with E-state index in [0.717, 1.165) is 0 Å². The van der Waals surface area contributed by atoms with Crippen LogP contribution in [0.15, 0.2) is 0 Å². The SMILES string of the molecule is C[C@H](CSSC(C)(C)[C@@H](C)C(=O)O)C(=O)O. The molecule has 0 spiro atoms. The van der Waals surface area contributed by atoms with Gasteiger partial charge in [-0.15, -0.1) is 0 Å². The molecule has 0 aliphatic heterocycles. The number of hydrogen-bond donors (Lipinski definition) is 2. The first kappa shape index (κ1) is 15.6. The van der Waals surface area contributed by atoms with Gasteiger partial charge in [-0.25, -0.2) is 0 Å². The summed E-state index contributed by atoms with van der Waals surface area (Å²) in [5, 5.41) is 17.6. The lowest BCUT2D eigenvalue weighted by atomic mass is 9.97. The van der Waals surface area contributed by atoms with Crippen LogP contribution in [0.4, 0.5) is 0 Å². The van der Waals surface area contributed by atoms with Gasteiger partial charge < -0.3 is 10.2 Å². The van der Waals surface area contributed by atoms with Crippen LogP contribution < -0.4 is 0 Å². The van der Waals surface area contributed by atoms with E-state index in [0.29, 0.717) is 5.75 Å². The Morgan fingerprint density at radius 3 is 2.06 bits per heavy atom. The van der Waals surface area contributed by atoms with Gasteiger partial charge in [0.25, 0.3) is 0 Å². The van der Waals surface area contributed by atoms with Crippen molar-refractivity contribution in [2.24, 2.45) is 11.8 Å². The van der Waals surface area contributed by atoms with Crippen molar-refractivity contribution in [2.45, 2.75) is 32.4 Å². The predicted molar refractivity (Wildman–Crippen MR) is 67.7 cm³/mol. The number of hydrogen-bond acceptors (Lipinski definition) is 4. The maximum atomic E-state index is 10.8. The lowest BCUT2D eigenvalue weighted by Gasteiger charge is -2.27. The molecule has 0 amide bonds. The average molecular weight is 266 g/mol. The topological polar surface area (TPSA) is 74.6 Å². The Labute approximate surface area is 104 Å². The summed E-state index contributed by atoms with van der Waals surface area (Å²) in [6.45, 7) is 7.02. The third kappa shape index (κ3) is 5.12. The van der Waals surface area contributed by atoms with Crippen molar-refractivity contribution in [3.05, 3.63) is 0 Å². The standard InChI is InChI=1S/C10H18O4S2/c1-6(8(11)12)5-15-16-10(3,4)7(2)9(13)14/h6-7H,5H2,1-4H3,(H,11,12)(H,13,14)/t6-,7+/m1/s1. The highest BCUT2D eigenvalue weighted by Crippen LogP contribution is 2.41. The molecular formula is C10H18O4S2. The van der Waals surface area contributed by atoms with Gasteiger partial charge in [-0.1, -0.05) is 35.4 Å². The molecule has 94 valence electrons. The van der Waals surface area contributed by atoms with Crippen molar-refractivity contribution in [3.8, 4) is 0 Å². The Kier molecular flexibility index (Phi) is 6.25. The third-order valence-corrected chi connectivity index (χ3v) is 6.01. The summed E-state index contributed by atoms with van der Waals surface area (Å²) in [6, 6.07) is 0. The van der Waals surface area contributed by atoms with Crippen molar-refractivity contribution >= 4 is 33.5 Å². The minimum Gasteiger partial charge on any atom is -0.481 e. The Hall–Kier alpha value is -0.360. The highest BCUT2D eigenvalue weighted by molar-refractivity contribution is 8.77. The molecule has 0 aromatic carbocycles. The number of aliphatic carboxylic acids is 2. The Morgan fingerprint density at radius 1 is 1.19 bits per heavy atom. The molecule has 2 N–H and O–H groups in total. The Balaban J connectivity index is 4.09. The van der Waals surface area contributed by atoms with Crippen LogP contribution in [-0.2, 0) is 9.59 Å². The third-order valence-electron chi connectivity index (χ3n) is 2.43.